The van der Waals surface area contributed by atoms with Gasteiger partial charge < -0.3 is 10.4 Å². The van der Waals surface area contributed by atoms with Gasteiger partial charge in [0.2, 0.25) is 5.60 Å². The van der Waals surface area contributed by atoms with Crippen LogP contribution < -0.4 is 5.32 Å². The molecule has 2 N–H and O–H groups in total. The Morgan fingerprint density at radius 1 is 0.976 bits per heavy atom. The van der Waals surface area contributed by atoms with Crippen molar-refractivity contribution in [1.82, 2.24) is 0 Å². The molecule has 1 aliphatic carbocycles. The van der Waals surface area contributed by atoms with Crippen LogP contribution in [0.3, 0.4) is 0 Å². The minimum atomic E-state index is -5.16. The minimum Gasteiger partial charge on any atom is -0.369 e. The molecule has 4 rings (SSSR count). The van der Waals surface area contributed by atoms with Gasteiger partial charge in [0.25, 0.3) is 11.6 Å². The van der Waals surface area contributed by atoms with E-state index in [1.54, 1.807) is 18.2 Å². The quantitative estimate of drug-likeness (QED) is 0.149. The zero-order valence-electron chi connectivity index (χ0n) is 20.7. The summed E-state index contributed by atoms with van der Waals surface area (Å²) in [5, 5.41) is 24.6. The van der Waals surface area contributed by atoms with Gasteiger partial charge in [-0.25, -0.2) is 4.39 Å². The van der Waals surface area contributed by atoms with Crippen LogP contribution in [0.1, 0.15) is 41.5 Å². The zero-order valence-corrected chi connectivity index (χ0v) is 20.7. The second-order valence-corrected chi connectivity index (χ2v) is 9.57. The highest BCUT2D eigenvalue weighted by molar-refractivity contribution is 6.00. The van der Waals surface area contributed by atoms with Crippen LogP contribution in [0.15, 0.2) is 66.7 Å². The summed E-state index contributed by atoms with van der Waals surface area (Å²) in [5.41, 5.74) is -8.88. The second kappa shape index (κ2) is 10.5. The van der Waals surface area contributed by atoms with E-state index in [9.17, 15) is 50.7 Å². The first-order valence-corrected chi connectivity index (χ1v) is 11.9. The number of alkyl halides is 6. The van der Waals surface area contributed by atoms with Crippen LogP contribution in [-0.4, -0.2) is 21.5 Å². The number of carbonyl (C=O) groups is 1. The van der Waals surface area contributed by atoms with Crippen LogP contribution >= 0.6 is 0 Å². The van der Waals surface area contributed by atoms with Gasteiger partial charge in [-0.15, -0.1) is 0 Å². The molecule has 6 nitrogen and oxygen atoms in total. The van der Waals surface area contributed by atoms with Gasteiger partial charge in [0.15, 0.2) is 0 Å². The number of anilines is 1. The summed E-state index contributed by atoms with van der Waals surface area (Å²) < 4.78 is 95.1. The number of nitro groups is 1. The topological polar surface area (TPSA) is 92.5 Å². The van der Waals surface area contributed by atoms with Crippen LogP contribution in [0.5, 0.6) is 0 Å². The SMILES string of the molecule is O=C(Nc1ccc([N+](=O)[O-])c(C(F)(F)F)c1)C(O)(C#Cc1ccccc1)CC1(c2cc(C(F)(F)F)ccc2F)CC1. The van der Waals surface area contributed by atoms with E-state index in [1.165, 1.54) is 12.1 Å². The first kappa shape index (κ1) is 29.5. The predicted octanol–water partition coefficient (Wildman–Crippen LogP) is 6.61. The van der Waals surface area contributed by atoms with Gasteiger partial charge in [-0.1, -0.05) is 30.0 Å². The van der Waals surface area contributed by atoms with Crippen LogP contribution in [0.25, 0.3) is 0 Å². The van der Waals surface area contributed by atoms with Crippen molar-refractivity contribution in [2.45, 2.75) is 42.6 Å². The summed E-state index contributed by atoms with van der Waals surface area (Å²) >= 11 is 0. The fourth-order valence-corrected chi connectivity index (χ4v) is 4.40. The predicted molar refractivity (Wildman–Crippen MR) is 132 cm³/mol. The molecule has 0 bridgehead atoms. The molecule has 0 saturated heterocycles. The van der Waals surface area contributed by atoms with E-state index in [0.717, 1.165) is 6.07 Å². The summed E-state index contributed by atoms with van der Waals surface area (Å²) in [5.74, 6) is 2.56. The summed E-state index contributed by atoms with van der Waals surface area (Å²) in [6.07, 6.45) is -10.5. The van der Waals surface area contributed by atoms with Gasteiger partial charge in [-0.05, 0) is 60.9 Å². The molecule has 1 amide bonds. The molecule has 3 aromatic rings. The smallest absolute Gasteiger partial charge is 0.369 e. The second-order valence-electron chi connectivity index (χ2n) is 9.57. The Labute approximate surface area is 228 Å². The van der Waals surface area contributed by atoms with Crippen molar-refractivity contribution >= 4 is 17.3 Å². The maximum Gasteiger partial charge on any atom is 0.423 e. The van der Waals surface area contributed by atoms with E-state index in [2.05, 4.69) is 17.2 Å². The fraction of sp³-hybridized carbons (Fsp3) is 0.250. The molecule has 3 aromatic carbocycles. The Kier molecular flexibility index (Phi) is 7.57. The average molecular weight is 580 g/mol. The Balaban J connectivity index is 1.74. The number of aliphatic hydroxyl groups is 1. The third-order valence-corrected chi connectivity index (χ3v) is 6.63. The molecule has 41 heavy (non-hydrogen) atoms. The standard InChI is InChI=1S/C28H19F7N2O4/c29-22-8-6-18(27(30,31)32)14-20(22)25(12-13-25)16-26(39,11-10-17-4-2-1-3-5-17)24(38)36-19-7-9-23(37(40)41)21(15-19)28(33,34)35/h1-9,14-15,39H,12-13,16H2,(H,36,38). The van der Waals surface area contributed by atoms with Crippen LogP contribution in [0.4, 0.5) is 42.1 Å². The molecule has 1 atom stereocenters. The van der Waals surface area contributed by atoms with Crippen molar-refractivity contribution in [3.63, 3.8) is 0 Å². The molecule has 0 aromatic heterocycles. The lowest BCUT2D eigenvalue weighted by Gasteiger charge is -2.28. The summed E-state index contributed by atoms with van der Waals surface area (Å²) in [7, 11) is 0. The van der Waals surface area contributed by atoms with Crippen molar-refractivity contribution in [3.05, 3.63) is 105 Å². The lowest BCUT2D eigenvalue weighted by molar-refractivity contribution is -0.388. The molecule has 0 heterocycles. The third kappa shape index (κ3) is 6.49. The molecule has 13 heteroatoms. The number of halogens is 7. The van der Waals surface area contributed by atoms with E-state index in [1.807, 2.05) is 0 Å². The van der Waals surface area contributed by atoms with Gasteiger partial charge in [0, 0.05) is 29.2 Å². The average Bonchev–Trinajstić information content (AvgIpc) is 3.67. The van der Waals surface area contributed by atoms with Crippen molar-refractivity contribution in [2.75, 3.05) is 5.32 Å². The van der Waals surface area contributed by atoms with Crippen molar-refractivity contribution in [1.29, 1.82) is 0 Å². The number of carbonyl (C=O) groups excluding carboxylic acids is 1. The normalized spacial score (nSPS) is 15.7. The van der Waals surface area contributed by atoms with Gasteiger partial charge >= 0.3 is 12.4 Å². The van der Waals surface area contributed by atoms with Gasteiger partial charge in [-0.3, -0.25) is 14.9 Å². The number of hydrogen-bond donors (Lipinski definition) is 2. The molecule has 1 aliphatic rings. The number of benzene rings is 3. The number of nitrogens with one attached hydrogen (secondary N) is 1. The lowest BCUT2D eigenvalue weighted by Crippen LogP contribution is -2.44. The molecular weight excluding hydrogens is 561 g/mol. The minimum absolute atomic E-state index is 0.0869. The molecule has 214 valence electrons. The van der Waals surface area contributed by atoms with Crippen molar-refractivity contribution in [2.24, 2.45) is 0 Å². The Morgan fingerprint density at radius 3 is 2.20 bits per heavy atom. The molecule has 0 spiro atoms. The van der Waals surface area contributed by atoms with Crippen molar-refractivity contribution in [3.8, 4) is 11.8 Å². The molecule has 0 radical (unpaired) electrons. The summed E-state index contributed by atoms with van der Waals surface area (Å²) in [6, 6.07) is 11.3. The summed E-state index contributed by atoms with van der Waals surface area (Å²) in [4.78, 5) is 23.1. The highest BCUT2D eigenvalue weighted by Crippen LogP contribution is 2.55. The van der Waals surface area contributed by atoms with Gasteiger partial charge in [-0.2, -0.15) is 26.3 Å². The fourth-order valence-electron chi connectivity index (χ4n) is 4.40. The molecule has 1 fully saturated rings. The number of nitro benzene ring substituents is 1. The van der Waals surface area contributed by atoms with E-state index in [0.29, 0.717) is 35.9 Å². The first-order valence-electron chi connectivity index (χ1n) is 11.9. The molecule has 1 unspecified atom stereocenters. The van der Waals surface area contributed by atoms with Crippen LogP contribution in [-0.2, 0) is 22.6 Å². The largest absolute Gasteiger partial charge is 0.423 e. The van der Waals surface area contributed by atoms with E-state index in [-0.39, 0.29) is 12.8 Å². The van der Waals surface area contributed by atoms with Gasteiger partial charge in [0.05, 0.1) is 10.5 Å². The maximum atomic E-state index is 14.8. The first-order chi connectivity index (χ1) is 19.0. The number of amides is 1. The number of rotatable bonds is 6. The molecule has 0 aliphatic heterocycles. The zero-order chi connectivity index (χ0) is 30.2. The Morgan fingerprint density at radius 2 is 1.63 bits per heavy atom. The molecule has 1 saturated carbocycles. The Hall–Kier alpha value is -4.44. The number of hydrogen-bond acceptors (Lipinski definition) is 4. The highest BCUT2D eigenvalue weighted by atomic mass is 19.4. The number of nitrogens with zero attached hydrogens (tertiary/aromatic N) is 1. The van der Waals surface area contributed by atoms with Crippen LogP contribution in [0.2, 0.25) is 0 Å². The van der Waals surface area contributed by atoms with Gasteiger partial charge in [0.1, 0.15) is 11.4 Å². The van der Waals surface area contributed by atoms with Crippen molar-refractivity contribution < 1.29 is 45.6 Å². The monoisotopic (exact) mass is 580 g/mol. The third-order valence-electron chi connectivity index (χ3n) is 6.63. The van der Waals surface area contributed by atoms with E-state index >= 15 is 0 Å². The lowest BCUT2D eigenvalue weighted by atomic mass is 9.81. The molecular formula is C28H19F7N2O4. The Bertz CT molecular complexity index is 1560. The van der Waals surface area contributed by atoms with E-state index in [4.69, 9.17) is 0 Å². The highest BCUT2D eigenvalue weighted by Gasteiger charge is 2.54. The van der Waals surface area contributed by atoms with E-state index < -0.39 is 74.5 Å². The van der Waals surface area contributed by atoms with Crippen LogP contribution in [0, 0.1) is 27.8 Å². The maximum absolute atomic E-state index is 14.8. The summed E-state index contributed by atoms with van der Waals surface area (Å²) in [6.45, 7) is 0.